The van der Waals surface area contributed by atoms with E-state index < -0.39 is 10.0 Å². The smallest absolute Gasteiger partial charge is 0.254 e. The average molecular weight is 355 g/mol. The van der Waals surface area contributed by atoms with Crippen molar-refractivity contribution in [1.82, 2.24) is 14.9 Å². The van der Waals surface area contributed by atoms with E-state index in [1.165, 1.54) is 19.2 Å². The lowest BCUT2D eigenvalue weighted by atomic mass is 10.1. The van der Waals surface area contributed by atoms with Crippen LogP contribution in [0.3, 0.4) is 0 Å². The lowest BCUT2D eigenvalue weighted by Crippen LogP contribution is -2.52. The molecule has 0 unspecified atom stereocenters. The number of ether oxygens (including phenoxy) is 1. The fourth-order valence-electron chi connectivity index (χ4n) is 2.70. The quantitative estimate of drug-likeness (QED) is 0.816. The minimum atomic E-state index is -3.76. The number of benzene rings is 1. The maximum atomic E-state index is 12.8. The second-order valence-corrected chi connectivity index (χ2v) is 7.88. The molecule has 2 N–H and O–H groups in total. The van der Waals surface area contributed by atoms with Crippen molar-refractivity contribution in [1.29, 1.82) is 0 Å². The molecule has 1 aromatic rings. The molecule has 1 amide bonds. The van der Waals surface area contributed by atoms with Crippen LogP contribution < -0.4 is 14.8 Å². The highest BCUT2D eigenvalue weighted by Gasteiger charge is 2.27. The molecule has 0 bridgehead atoms. The van der Waals surface area contributed by atoms with Crippen molar-refractivity contribution >= 4 is 15.9 Å². The number of sulfonamides is 1. The van der Waals surface area contributed by atoms with Gasteiger partial charge in [0.1, 0.15) is 10.6 Å². The zero-order valence-corrected chi connectivity index (χ0v) is 15.3. The Morgan fingerprint density at radius 1 is 1.42 bits per heavy atom. The summed E-state index contributed by atoms with van der Waals surface area (Å²) in [5.74, 6) is 0.0423. The van der Waals surface area contributed by atoms with Crippen LogP contribution in [0.5, 0.6) is 5.75 Å². The number of piperazine rings is 1. The minimum absolute atomic E-state index is 0.0210. The third-order valence-corrected chi connectivity index (χ3v) is 5.53. The van der Waals surface area contributed by atoms with Crippen LogP contribution in [0.25, 0.3) is 0 Å². The molecule has 1 fully saturated rings. The second kappa shape index (κ2) is 7.50. The van der Waals surface area contributed by atoms with E-state index in [4.69, 9.17) is 4.74 Å². The monoisotopic (exact) mass is 355 g/mol. The molecule has 0 aliphatic carbocycles. The zero-order valence-electron chi connectivity index (χ0n) is 14.5. The molecule has 1 aliphatic heterocycles. The van der Waals surface area contributed by atoms with Gasteiger partial charge in [-0.1, -0.05) is 0 Å². The normalized spacial score (nSPS) is 18.7. The number of hydrogen-bond donors (Lipinski definition) is 2. The molecule has 2 rings (SSSR count). The molecule has 1 atom stereocenters. The molecule has 1 aromatic carbocycles. The molecular weight excluding hydrogens is 330 g/mol. The number of carbonyl (C=O) groups excluding carboxylic acids is 1. The van der Waals surface area contributed by atoms with Crippen molar-refractivity contribution in [3.8, 4) is 5.75 Å². The van der Waals surface area contributed by atoms with Crippen LogP contribution in [0.15, 0.2) is 23.1 Å². The lowest BCUT2D eigenvalue weighted by molar-refractivity contribution is 0.0655. The largest absolute Gasteiger partial charge is 0.495 e. The summed E-state index contributed by atoms with van der Waals surface area (Å²) in [6.45, 7) is 7.49. The highest BCUT2D eigenvalue weighted by Crippen LogP contribution is 2.26. The van der Waals surface area contributed by atoms with Crippen LogP contribution in [0.1, 0.15) is 31.1 Å². The van der Waals surface area contributed by atoms with Crippen LogP contribution in [-0.2, 0) is 10.0 Å². The number of rotatable bonds is 5. The van der Waals surface area contributed by atoms with Gasteiger partial charge in [0.2, 0.25) is 10.0 Å². The van der Waals surface area contributed by atoms with E-state index >= 15 is 0 Å². The van der Waals surface area contributed by atoms with Gasteiger partial charge in [-0.2, -0.15) is 0 Å². The van der Waals surface area contributed by atoms with Gasteiger partial charge in [-0.25, -0.2) is 13.1 Å². The van der Waals surface area contributed by atoms with E-state index in [2.05, 4.69) is 10.0 Å². The highest BCUT2D eigenvalue weighted by atomic mass is 32.2. The van der Waals surface area contributed by atoms with Crippen LogP contribution in [-0.4, -0.2) is 58.1 Å². The van der Waals surface area contributed by atoms with Crippen molar-refractivity contribution < 1.29 is 17.9 Å². The Balaban J connectivity index is 2.39. The van der Waals surface area contributed by atoms with E-state index in [9.17, 15) is 13.2 Å². The molecule has 0 aromatic heterocycles. The van der Waals surface area contributed by atoms with Crippen molar-refractivity contribution in [3.05, 3.63) is 23.8 Å². The van der Waals surface area contributed by atoms with Gasteiger partial charge in [0.15, 0.2) is 0 Å². The number of carbonyl (C=O) groups is 1. The Labute approximate surface area is 143 Å². The van der Waals surface area contributed by atoms with Gasteiger partial charge in [-0.3, -0.25) is 4.79 Å². The van der Waals surface area contributed by atoms with E-state index in [0.29, 0.717) is 12.1 Å². The second-order valence-electron chi connectivity index (χ2n) is 6.19. The summed E-state index contributed by atoms with van der Waals surface area (Å²) in [7, 11) is -2.35. The molecule has 8 heteroatoms. The number of hydrogen-bond acceptors (Lipinski definition) is 5. The number of methoxy groups -OCH3 is 1. The molecule has 7 nitrogen and oxygen atoms in total. The lowest BCUT2D eigenvalue weighted by Gasteiger charge is -2.34. The Hall–Kier alpha value is -1.64. The number of nitrogens with one attached hydrogen (secondary N) is 2. The maximum absolute atomic E-state index is 12.8. The molecule has 1 aliphatic rings. The van der Waals surface area contributed by atoms with E-state index in [0.717, 1.165) is 13.1 Å². The first kappa shape index (κ1) is 18.7. The Kier molecular flexibility index (Phi) is 5.84. The van der Waals surface area contributed by atoms with Crippen molar-refractivity contribution in [2.45, 2.75) is 37.8 Å². The molecule has 0 radical (unpaired) electrons. The number of amides is 1. The van der Waals surface area contributed by atoms with E-state index in [-0.39, 0.29) is 28.6 Å². The summed E-state index contributed by atoms with van der Waals surface area (Å²) in [5.41, 5.74) is 0.341. The van der Waals surface area contributed by atoms with Crippen LogP contribution in [0, 0.1) is 0 Å². The third-order valence-electron chi connectivity index (χ3n) is 3.85. The Morgan fingerprint density at radius 2 is 2.12 bits per heavy atom. The van der Waals surface area contributed by atoms with Crippen LogP contribution in [0.2, 0.25) is 0 Å². The van der Waals surface area contributed by atoms with Gasteiger partial charge in [-0.15, -0.1) is 0 Å². The van der Waals surface area contributed by atoms with Gasteiger partial charge in [0.05, 0.1) is 7.11 Å². The molecule has 0 spiro atoms. The van der Waals surface area contributed by atoms with Gasteiger partial charge in [-0.05, 0) is 39.0 Å². The summed E-state index contributed by atoms with van der Waals surface area (Å²) < 4.78 is 32.7. The SMILES string of the molecule is COc1ccc(C(=O)N2CCNC[C@H]2C)cc1S(=O)(=O)NC(C)C. The summed E-state index contributed by atoms with van der Waals surface area (Å²) >= 11 is 0. The Morgan fingerprint density at radius 3 is 2.71 bits per heavy atom. The summed E-state index contributed by atoms with van der Waals surface area (Å²) in [6.07, 6.45) is 0. The topological polar surface area (TPSA) is 87.7 Å². The summed E-state index contributed by atoms with van der Waals surface area (Å²) in [4.78, 5) is 14.5. The predicted molar refractivity (Wildman–Crippen MR) is 91.8 cm³/mol. The van der Waals surface area contributed by atoms with E-state index in [1.807, 2.05) is 6.92 Å². The fourth-order valence-corrected chi connectivity index (χ4v) is 4.15. The summed E-state index contributed by atoms with van der Waals surface area (Å²) in [6, 6.07) is 4.31. The highest BCUT2D eigenvalue weighted by molar-refractivity contribution is 7.89. The predicted octanol–water partition coefficient (Wildman–Crippen LogP) is 0.816. The molecule has 24 heavy (non-hydrogen) atoms. The number of nitrogens with zero attached hydrogens (tertiary/aromatic N) is 1. The van der Waals surface area contributed by atoms with Gasteiger partial charge < -0.3 is 15.0 Å². The van der Waals surface area contributed by atoms with Crippen molar-refractivity contribution in [2.24, 2.45) is 0 Å². The molecule has 1 heterocycles. The van der Waals surface area contributed by atoms with Gasteiger partial charge in [0, 0.05) is 37.3 Å². The average Bonchev–Trinajstić information content (AvgIpc) is 2.53. The molecular formula is C16H25N3O4S. The van der Waals surface area contributed by atoms with Crippen molar-refractivity contribution in [3.63, 3.8) is 0 Å². The third kappa shape index (κ3) is 4.06. The van der Waals surface area contributed by atoms with E-state index in [1.54, 1.807) is 24.8 Å². The molecule has 0 saturated carbocycles. The zero-order chi connectivity index (χ0) is 17.9. The van der Waals surface area contributed by atoms with Crippen molar-refractivity contribution in [2.75, 3.05) is 26.7 Å². The fraction of sp³-hybridized carbons (Fsp3) is 0.562. The van der Waals surface area contributed by atoms with Gasteiger partial charge >= 0.3 is 0 Å². The Bertz CT molecular complexity index is 703. The van der Waals surface area contributed by atoms with Crippen LogP contribution in [0.4, 0.5) is 0 Å². The molecule has 1 saturated heterocycles. The maximum Gasteiger partial charge on any atom is 0.254 e. The first-order valence-electron chi connectivity index (χ1n) is 7.98. The van der Waals surface area contributed by atoms with Crippen LogP contribution >= 0.6 is 0 Å². The first-order valence-corrected chi connectivity index (χ1v) is 9.46. The molecule has 134 valence electrons. The summed E-state index contributed by atoms with van der Waals surface area (Å²) in [5, 5.41) is 3.23. The van der Waals surface area contributed by atoms with Gasteiger partial charge in [0.25, 0.3) is 5.91 Å². The minimum Gasteiger partial charge on any atom is -0.495 e. The first-order chi connectivity index (χ1) is 11.3. The standard InChI is InChI=1S/C16H25N3O4S/c1-11(2)18-24(21,22)15-9-13(5-6-14(15)23-4)16(20)19-8-7-17-10-12(19)3/h5-6,9,11-12,17-18H,7-8,10H2,1-4H3/t12-/m1/s1.